The predicted octanol–water partition coefficient (Wildman–Crippen LogP) is 5.25. The van der Waals surface area contributed by atoms with Crippen LogP contribution in [0.4, 0.5) is 0 Å². The van der Waals surface area contributed by atoms with Crippen molar-refractivity contribution in [3.63, 3.8) is 0 Å². The standard InChI is InChI=1S/C13H8Cl3/c14-11-4-1-9(2-5-11)7-10-3-6-12(15)8-13(10)16/h1-8H. The molecule has 0 bridgehead atoms. The molecular formula is C13H8Cl3. The third-order valence-corrected chi connectivity index (χ3v) is 2.97. The van der Waals surface area contributed by atoms with Crippen molar-refractivity contribution in [1.29, 1.82) is 0 Å². The smallest absolute Gasteiger partial charge is 0.0459 e. The Labute approximate surface area is 110 Å². The second kappa shape index (κ2) is 5.09. The summed E-state index contributed by atoms with van der Waals surface area (Å²) >= 11 is 17.7. The molecule has 0 amide bonds. The molecule has 0 saturated heterocycles. The zero-order chi connectivity index (χ0) is 11.5. The lowest BCUT2D eigenvalue weighted by molar-refractivity contribution is 1.43. The van der Waals surface area contributed by atoms with Crippen LogP contribution >= 0.6 is 34.8 Å². The van der Waals surface area contributed by atoms with Crippen LogP contribution in [0, 0.1) is 6.42 Å². The minimum Gasteiger partial charge on any atom is -0.0843 e. The van der Waals surface area contributed by atoms with Crippen LogP contribution in [0.2, 0.25) is 15.1 Å². The normalized spacial score (nSPS) is 10.4. The second-order valence-electron chi connectivity index (χ2n) is 3.36. The van der Waals surface area contributed by atoms with Crippen LogP contribution in [0.15, 0.2) is 42.5 Å². The number of hydrogen-bond acceptors (Lipinski definition) is 0. The Morgan fingerprint density at radius 1 is 0.750 bits per heavy atom. The van der Waals surface area contributed by atoms with Gasteiger partial charge < -0.3 is 0 Å². The van der Waals surface area contributed by atoms with E-state index in [4.69, 9.17) is 34.8 Å². The Hall–Kier alpha value is -0.690. The molecule has 0 atom stereocenters. The van der Waals surface area contributed by atoms with Gasteiger partial charge in [0.25, 0.3) is 0 Å². The Balaban J connectivity index is 2.23. The molecule has 2 aromatic rings. The van der Waals surface area contributed by atoms with Crippen LogP contribution in [0.1, 0.15) is 11.1 Å². The van der Waals surface area contributed by atoms with Crippen molar-refractivity contribution in [2.24, 2.45) is 0 Å². The maximum atomic E-state index is 6.07. The summed E-state index contributed by atoms with van der Waals surface area (Å²) in [6.07, 6.45) is 1.98. The second-order valence-corrected chi connectivity index (χ2v) is 4.64. The van der Waals surface area contributed by atoms with Gasteiger partial charge in [-0.15, -0.1) is 0 Å². The van der Waals surface area contributed by atoms with Crippen molar-refractivity contribution >= 4 is 34.8 Å². The number of benzene rings is 2. The molecule has 0 aliphatic carbocycles. The van der Waals surface area contributed by atoms with E-state index in [0.717, 1.165) is 16.1 Å². The summed E-state index contributed by atoms with van der Waals surface area (Å²) in [5.74, 6) is 0. The van der Waals surface area contributed by atoms with E-state index in [1.54, 1.807) is 6.07 Å². The molecule has 0 nitrogen and oxygen atoms in total. The van der Waals surface area contributed by atoms with E-state index in [1.807, 2.05) is 42.8 Å². The maximum absolute atomic E-state index is 6.07. The Morgan fingerprint density at radius 3 is 2.00 bits per heavy atom. The topological polar surface area (TPSA) is 0 Å². The third kappa shape index (κ3) is 2.91. The van der Waals surface area contributed by atoms with Gasteiger partial charge in [0.15, 0.2) is 0 Å². The average molecular weight is 271 g/mol. The minimum atomic E-state index is 0.637. The molecule has 0 fully saturated rings. The van der Waals surface area contributed by atoms with Crippen LogP contribution in [-0.4, -0.2) is 0 Å². The van der Waals surface area contributed by atoms with Crippen LogP contribution in [0.3, 0.4) is 0 Å². The first-order chi connectivity index (χ1) is 7.65. The summed E-state index contributed by atoms with van der Waals surface area (Å²) in [4.78, 5) is 0. The fraction of sp³-hybridized carbons (Fsp3) is 0. The molecule has 0 aromatic heterocycles. The van der Waals surface area contributed by atoms with Gasteiger partial charge in [0.1, 0.15) is 0 Å². The zero-order valence-corrected chi connectivity index (χ0v) is 10.5. The van der Waals surface area contributed by atoms with Crippen LogP contribution in [0.5, 0.6) is 0 Å². The van der Waals surface area contributed by atoms with E-state index in [9.17, 15) is 0 Å². The highest BCUT2D eigenvalue weighted by atomic mass is 35.5. The first-order valence-electron chi connectivity index (χ1n) is 4.70. The van der Waals surface area contributed by atoms with Crippen molar-refractivity contribution < 1.29 is 0 Å². The van der Waals surface area contributed by atoms with Gasteiger partial charge in [-0.2, -0.15) is 0 Å². The molecule has 0 N–H and O–H groups in total. The van der Waals surface area contributed by atoms with E-state index in [0.29, 0.717) is 10.0 Å². The number of halogens is 3. The first kappa shape index (κ1) is 11.8. The summed E-state index contributed by atoms with van der Waals surface area (Å²) in [5, 5.41) is 2.00. The highest BCUT2D eigenvalue weighted by Crippen LogP contribution is 2.25. The zero-order valence-electron chi connectivity index (χ0n) is 8.25. The molecule has 3 heteroatoms. The van der Waals surface area contributed by atoms with E-state index < -0.39 is 0 Å². The summed E-state index contributed by atoms with van der Waals surface area (Å²) in [6.45, 7) is 0. The molecule has 2 rings (SSSR count). The third-order valence-electron chi connectivity index (χ3n) is 2.15. The van der Waals surface area contributed by atoms with Gasteiger partial charge in [-0.25, -0.2) is 0 Å². The van der Waals surface area contributed by atoms with Crippen molar-refractivity contribution in [2.75, 3.05) is 0 Å². The number of rotatable bonds is 2. The Bertz CT molecular complexity index is 489. The van der Waals surface area contributed by atoms with Gasteiger partial charge in [0.2, 0.25) is 0 Å². The van der Waals surface area contributed by atoms with Crippen molar-refractivity contribution in [1.82, 2.24) is 0 Å². The minimum absolute atomic E-state index is 0.637. The molecule has 0 aliphatic rings. The highest BCUT2D eigenvalue weighted by molar-refractivity contribution is 6.35. The fourth-order valence-electron chi connectivity index (χ4n) is 1.36. The first-order valence-corrected chi connectivity index (χ1v) is 5.84. The van der Waals surface area contributed by atoms with Gasteiger partial charge in [-0.3, -0.25) is 0 Å². The van der Waals surface area contributed by atoms with E-state index in [1.165, 1.54) is 0 Å². The molecule has 0 saturated carbocycles. The predicted molar refractivity (Wildman–Crippen MR) is 70.4 cm³/mol. The van der Waals surface area contributed by atoms with Crippen LogP contribution < -0.4 is 0 Å². The highest BCUT2D eigenvalue weighted by Gasteiger charge is 2.03. The molecule has 1 radical (unpaired) electrons. The van der Waals surface area contributed by atoms with Gasteiger partial charge in [0, 0.05) is 21.5 Å². The van der Waals surface area contributed by atoms with Crippen molar-refractivity contribution in [2.45, 2.75) is 0 Å². The van der Waals surface area contributed by atoms with E-state index in [-0.39, 0.29) is 0 Å². The van der Waals surface area contributed by atoms with Crippen molar-refractivity contribution in [3.8, 4) is 0 Å². The Morgan fingerprint density at radius 2 is 1.38 bits per heavy atom. The Kier molecular flexibility index (Phi) is 3.75. The van der Waals surface area contributed by atoms with Gasteiger partial charge in [-0.1, -0.05) is 53.0 Å². The SMILES string of the molecule is Clc1ccc([CH]c2ccc(Cl)cc2Cl)cc1. The van der Waals surface area contributed by atoms with Crippen LogP contribution in [0.25, 0.3) is 0 Å². The maximum Gasteiger partial charge on any atom is 0.0459 e. The monoisotopic (exact) mass is 269 g/mol. The quantitative estimate of drug-likeness (QED) is 0.699. The van der Waals surface area contributed by atoms with E-state index >= 15 is 0 Å². The fourth-order valence-corrected chi connectivity index (χ4v) is 1.95. The lowest BCUT2D eigenvalue weighted by atomic mass is 10.1. The summed E-state index contributed by atoms with van der Waals surface area (Å²) in [7, 11) is 0. The molecular weight excluding hydrogens is 263 g/mol. The number of hydrogen-bond donors (Lipinski definition) is 0. The summed E-state index contributed by atoms with van der Waals surface area (Å²) < 4.78 is 0. The molecule has 0 heterocycles. The largest absolute Gasteiger partial charge is 0.0843 e. The van der Waals surface area contributed by atoms with Gasteiger partial charge in [-0.05, 0) is 35.4 Å². The van der Waals surface area contributed by atoms with Crippen LogP contribution in [-0.2, 0) is 0 Å². The van der Waals surface area contributed by atoms with E-state index in [2.05, 4.69) is 0 Å². The molecule has 81 valence electrons. The van der Waals surface area contributed by atoms with Gasteiger partial charge >= 0.3 is 0 Å². The average Bonchev–Trinajstić information content (AvgIpc) is 2.25. The molecule has 0 spiro atoms. The van der Waals surface area contributed by atoms with Gasteiger partial charge in [0.05, 0.1) is 0 Å². The molecule has 0 aliphatic heterocycles. The summed E-state index contributed by atoms with van der Waals surface area (Å²) in [6, 6.07) is 13.0. The lowest BCUT2D eigenvalue weighted by Crippen LogP contribution is -1.86. The summed E-state index contributed by atoms with van der Waals surface area (Å²) in [5.41, 5.74) is 1.99. The molecule has 16 heavy (non-hydrogen) atoms. The lowest BCUT2D eigenvalue weighted by Gasteiger charge is -2.04. The van der Waals surface area contributed by atoms with Crippen molar-refractivity contribution in [3.05, 3.63) is 75.1 Å². The molecule has 0 unspecified atom stereocenters. The molecule has 2 aromatic carbocycles.